The van der Waals surface area contributed by atoms with Gasteiger partial charge in [0.05, 0.1) is 11.2 Å². The van der Waals surface area contributed by atoms with E-state index in [4.69, 9.17) is 18.9 Å². The summed E-state index contributed by atoms with van der Waals surface area (Å²) in [6.45, 7) is 9.68. The number of ether oxygens (including phenoxy) is 4. The molecule has 0 spiro atoms. The fourth-order valence-electron chi connectivity index (χ4n) is 3.93. The van der Waals surface area contributed by atoms with Gasteiger partial charge in [-0.05, 0) is 72.3 Å². The van der Waals surface area contributed by atoms with Crippen LogP contribution in [0.3, 0.4) is 0 Å². The molecule has 1 aromatic heterocycles. The predicted molar refractivity (Wildman–Crippen MR) is 141 cm³/mol. The predicted octanol–water partition coefficient (Wildman–Crippen LogP) is 3.15. The highest BCUT2D eigenvalue weighted by atomic mass is 19.4. The van der Waals surface area contributed by atoms with Gasteiger partial charge in [-0.15, -0.1) is 5.10 Å². The number of halogens is 4. The van der Waals surface area contributed by atoms with Gasteiger partial charge >= 0.3 is 11.9 Å². The first kappa shape index (κ1) is 32.1. The quantitative estimate of drug-likeness (QED) is 0.307. The Morgan fingerprint density at radius 2 is 1.93 bits per heavy atom. The number of rotatable bonds is 12. The molecule has 2 aromatic rings. The van der Waals surface area contributed by atoms with Crippen LogP contribution in [-0.4, -0.2) is 69.6 Å². The molecule has 9 nitrogen and oxygen atoms in total. The van der Waals surface area contributed by atoms with Gasteiger partial charge in [-0.25, -0.2) is 9.18 Å². The molecule has 1 aliphatic rings. The minimum atomic E-state index is -4.68. The summed E-state index contributed by atoms with van der Waals surface area (Å²) in [5.74, 6) is -0.925. The van der Waals surface area contributed by atoms with Crippen LogP contribution in [0.1, 0.15) is 66.6 Å². The van der Waals surface area contributed by atoms with E-state index < -0.39 is 41.3 Å². The monoisotopic (exact) mass is 575 g/mol. The SMILES string of the molecule is CCn1c(COC2CCCCO2)nn(-c2cc(O[C@@H](C)C(F)(F)F)c(BCOC(C)(C)C(C)(C)O)cc2F)c1=O. The summed E-state index contributed by atoms with van der Waals surface area (Å²) < 4.78 is 79.9. The lowest BCUT2D eigenvalue weighted by Gasteiger charge is -2.37. The first-order valence-corrected chi connectivity index (χ1v) is 13.4. The van der Waals surface area contributed by atoms with Crippen molar-refractivity contribution in [1.82, 2.24) is 14.3 Å². The standard InChI is InChI=1S/C26H38BF4N3O6/c1-7-33-21(14-38-22-10-8-9-11-37-22)32-34(23(33)35)19-13-20(40-16(2)26(29,30)31)17(12-18(19)28)27-15-39-25(5,6)24(3,4)36/h12-13,16,22,27,36H,7-11,14-15H2,1-6H3/t16-,22?/m0/s1. The molecule has 0 saturated carbocycles. The molecular weight excluding hydrogens is 537 g/mol. The van der Waals surface area contributed by atoms with E-state index in [9.17, 15) is 23.1 Å². The van der Waals surface area contributed by atoms with Crippen LogP contribution in [0.15, 0.2) is 16.9 Å². The highest BCUT2D eigenvalue weighted by molar-refractivity contribution is 6.54. The van der Waals surface area contributed by atoms with E-state index in [1.165, 1.54) is 4.57 Å². The topological polar surface area (TPSA) is 97.0 Å². The number of hydrogen-bond donors (Lipinski definition) is 1. The molecule has 224 valence electrons. The highest BCUT2D eigenvalue weighted by Gasteiger charge is 2.39. The number of aromatic nitrogens is 3. The summed E-state index contributed by atoms with van der Waals surface area (Å²) in [5, 5.41) is 14.5. The fourth-order valence-corrected chi connectivity index (χ4v) is 3.93. The van der Waals surface area contributed by atoms with Crippen molar-refractivity contribution in [2.45, 2.75) is 104 Å². The van der Waals surface area contributed by atoms with E-state index in [1.807, 2.05) is 0 Å². The molecule has 0 aliphatic carbocycles. The lowest BCUT2D eigenvalue weighted by Crippen LogP contribution is -2.48. The van der Waals surface area contributed by atoms with Crippen molar-refractivity contribution in [2.24, 2.45) is 0 Å². The maximum Gasteiger partial charge on any atom is 0.425 e. The molecule has 1 fully saturated rings. The van der Waals surface area contributed by atoms with Crippen LogP contribution in [0.25, 0.3) is 5.69 Å². The van der Waals surface area contributed by atoms with Crippen LogP contribution >= 0.6 is 0 Å². The Balaban J connectivity index is 1.94. The molecule has 3 rings (SSSR count). The van der Waals surface area contributed by atoms with Crippen molar-refractivity contribution in [2.75, 3.05) is 13.1 Å². The van der Waals surface area contributed by atoms with E-state index in [2.05, 4.69) is 5.10 Å². The molecular formula is C26H38BF4N3O6. The van der Waals surface area contributed by atoms with Crippen molar-refractivity contribution in [3.63, 3.8) is 0 Å². The van der Waals surface area contributed by atoms with Crippen molar-refractivity contribution in [3.05, 3.63) is 34.3 Å². The average molecular weight is 575 g/mol. The molecule has 40 heavy (non-hydrogen) atoms. The van der Waals surface area contributed by atoms with Gasteiger partial charge in [0.15, 0.2) is 25.5 Å². The van der Waals surface area contributed by atoms with Crippen LogP contribution in [0.2, 0.25) is 0 Å². The zero-order chi connectivity index (χ0) is 29.9. The fraction of sp³-hybridized carbons (Fsp3) is 0.692. The van der Waals surface area contributed by atoms with Crippen molar-refractivity contribution in [3.8, 4) is 11.4 Å². The second-order valence-electron chi connectivity index (χ2n) is 10.8. The Kier molecular flexibility index (Phi) is 10.1. The van der Waals surface area contributed by atoms with Gasteiger partial charge in [0, 0.05) is 25.7 Å². The first-order chi connectivity index (χ1) is 18.5. The van der Waals surface area contributed by atoms with Gasteiger partial charge < -0.3 is 24.1 Å². The molecule has 1 N–H and O–H groups in total. The summed E-state index contributed by atoms with van der Waals surface area (Å²) in [6.07, 6.45) is -4.76. The maximum absolute atomic E-state index is 15.4. The Morgan fingerprint density at radius 3 is 2.50 bits per heavy atom. The maximum atomic E-state index is 15.4. The third-order valence-corrected chi connectivity index (χ3v) is 7.22. The summed E-state index contributed by atoms with van der Waals surface area (Å²) in [7, 11) is -0.0185. The van der Waals surface area contributed by atoms with Crippen LogP contribution in [0, 0.1) is 5.82 Å². The largest absolute Gasteiger partial charge is 0.482 e. The summed E-state index contributed by atoms with van der Waals surface area (Å²) in [5.41, 5.74) is -3.14. The zero-order valence-electron chi connectivity index (χ0n) is 23.8. The molecule has 14 heteroatoms. The molecule has 1 aromatic carbocycles. The highest BCUT2D eigenvalue weighted by Crippen LogP contribution is 2.27. The molecule has 0 radical (unpaired) electrons. The smallest absolute Gasteiger partial charge is 0.425 e. The summed E-state index contributed by atoms with van der Waals surface area (Å²) >= 11 is 0. The van der Waals surface area contributed by atoms with Gasteiger partial charge in [0.25, 0.3) is 0 Å². The summed E-state index contributed by atoms with van der Waals surface area (Å²) in [4.78, 5) is 13.1. The Labute approximate surface area is 231 Å². The molecule has 2 atom stereocenters. The van der Waals surface area contributed by atoms with Gasteiger partial charge in [0.1, 0.15) is 23.9 Å². The Bertz CT molecular complexity index is 1200. The second-order valence-corrected chi connectivity index (χ2v) is 10.8. The van der Waals surface area contributed by atoms with E-state index >= 15 is 4.39 Å². The Morgan fingerprint density at radius 1 is 1.23 bits per heavy atom. The lowest BCUT2D eigenvalue weighted by atomic mass is 9.70. The van der Waals surface area contributed by atoms with E-state index in [1.54, 1.807) is 34.6 Å². The second kappa shape index (κ2) is 12.6. The third kappa shape index (κ3) is 7.65. The van der Waals surface area contributed by atoms with E-state index in [0.29, 0.717) is 13.0 Å². The van der Waals surface area contributed by atoms with Crippen LogP contribution in [0.5, 0.6) is 5.75 Å². The molecule has 2 heterocycles. The number of hydrogen-bond acceptors (Lipinski definition) is 7. The molecule has 1 aliphatic heterocycles. The molecule has 1 saturated heterocycles. The molecule has 0 bridgehead atoms. The van der Waals surface area contributed by atoms with Crippen molar-refractivity contribution < 1.29 is 41.6 Å². The first-order valence-electron chi connectivity index (χ1n) is 13.4. The molecule has 1 unspecified atom stereocenters. The third-order valence-electron chi connectivity index (χ3n) is 7.22. The lowest BCUT2D eigenvalue weighted by molar-refractivity contribution is -0.189. The van der Waals surface area contributed by atoms with Gasteiger partial charge in [-0.3, -0.25) is 4.57 Å². The minimum absolute atomic E-state index is 0.0185. The number of nitrogens with zero attached hydrogens (tertiary/aromatic N) is 3. The van der Waals surface area contributed by atoms with Crippen LogP contribution < -0.4 is 15.9 Å². The minimum Gasteiger partial charge on any atom is -0.482 e. The van der Waals surface area contributed by atoms with Crippen LogP contribution in [0.4, 0.5) is 17.6 Å². The van der Waals surface area contributed by atoms with Crippen molar-refractivity contribution in [1.29, 1.82) is 0 Å². The summed E-state index contributed by atoms with van der Waals surface area (Å²) in [6, 6.07) is 2.05. The zero-order valence-corrected chi connectivity index (χ0v) is 23.8. The van der Waals surface area contributed by atoms with Gasteiger partial charge in [-0.2, -0.15) is 17.9 Å². The number of benzene rings is 1. The number of alkyl halides is 3. The molecule has 0 amide bonds. The normalized spacial score (nSPS) is 17.6. The van der Waals surface area contributed by atoms with Crippen LogP contribution in [-0.2, 0) is 27.4 Å². The average Bonchev–Trinajstić information content (AvgIpc) is 3.18. The van der Waals surface area contributed by atoms with Crippen molar-refractivity contribution >= 4 is 12.7 Å². The van der Waals surface area contributed by atoms with Gasteiger partial charge in [0.2, 0.25) is 0 Å². The van der Waals surface area contributed by atoms with E-state index in [-0.39, 0.29) is 49.7 Å². The van der Waals surface area contributed by atoms with E-state index in [0.717, 1.165) is 36.6 Å². The number of aliphatic hydroxyl groups is 1. The Hall–Kier alpha value is -2.42. The van der Waals surface area contributed by atoms with Gasteiger partial charge in [-0.1, -0.05) is 0 Å².